The van der Waals surface area contributed by atoms with E-state index in [1.54, 1.807) is 29.9 Å². The van der Waals surface area contributed by atoms with Crippen LogP contribution in [-0.2, 0) is 20.0 Å². The molecule has 0 unspecified atom stereocenters. The third kappa shape index (κ3) is 4.73. The number of nitrogens with zero attached hydrogens (tertiary/aromatic N) is 2. The molecular weight excluding hydrogens is 364 g/mol. The van der Waals surface area contributed by atoms with E-state index >= 15 is 0 Å². The van der Waals surface area contributed by atoms with Crippen molar-refractivity contribution in [3.05, 3.63) is 71.5 Å². The number of rotatable bonds is 7. The summed E-state index contributed by atoms with van der Waals surface area (Å²) in [6.45, 7) is -0.446. The van der Waals surface area contributed by atoms with Crippen LogP contribution in [0.1, 0.15) is 28.7 Å². The molecular formula is C21H21F2N3O2. The molecule has 0 saturated carbocycles. The number of hydrogen-bond acceptors (Lipinski definition) is 3. The van der Waals surface area contributed by atoms with Gasteiger partial charge in [0.2, 0.25) is 0 Å². The second-order valence-electron chi connectivity index (χ2n) is 6.28. The fourth-order valence-electron chi connectivity index (χ4n) is 2.83. The summed E-state index contributed by atoms with van der Waals surface area (Å²) in [6, 6.07) is 15.9. The zero-order chi connectivity index (χ0) is 20.1. The number of alkyl halides is 2. The average Bonchev–Trinajstić information content (AvgIpc) is 3.08. The van der Waals surface area contributed by atoms with Gasteiger partial charge in [-0.15, -0.1) is 0 Å². The lowest BCUT2D eigenvalue weighted by molar-refractivity contribution is -0.0498. The van der Waals surface area contributed by atoms with Crippen molar-refractivity contribution in [2.75, 3.05) is 0 Å². The summed E-state index contributed by atoms with van der Waals surface area (Å²) in [5.74, 6) is -0.0483. The molecule has 1 heterocycles. The molecule has 0 aliphatic heterocycles. The molecule has 0 fully saturated rings. The molecule has 5 nitrogen and oxygen atoms in total. The normalized spacial score (nSPS) is 10.9. The van der Waals surface area contributed by atoms with E-state index in [9.17, 15) is 13.6 Å². The molecule has 2 aromatic carbocycles. The number of aryl methyl sites for hydroxylation is 2. The third-order valence-corrected chi connectivity index (χ3v) is 4.35. The summed E-state index contributed by atoms with van der Waals surface area (Å²) in [6.07, 6.45) is 0.776. The number of nitrogens with one attached hydrogen (secondary N) is 1. The second kappa shape index (κ2) is 8.65. The molecule has 0 bridgehead atoms. The lowest BCUT2D eigenvalue weighted by Crippen LogP contribution is -2.25. The van der Waals surface area contributed by atoms with Crippen molar-refractivity contribution in [2.45, 2.75) is 26.5 Å². The van der Waals surface area contributed by atoms with Crippen LogP contribution in [0.25, 0.3) is 11.1 Å². The molecule has 0 aliphatic rings. The van der Waals surface area contributed by atoms with E-state index in [4.69, 9.17) is 0 Å². The topological polar surface area (TPSA) is 56.1 Å². The Morgan fingerprint density at radius 1 is 1.11 bits per heavy atom. The van der Waals surface area contributed by atoms with E-state index in [1.807, 2.05) is 31.2 Å². The average molecular weight is 385 g/mol. The number of benzene rings is 2. The Balaban J connectivity index is 1.61. The molecule has 7 heteroatoms. The van der Waals surface area contributed by atoms with Gasteiger partial charge in [-0.3, -0.25) is 9.48 Å². The molecule has 0 saturated heterocycles. The van der Waals surface area contributed by atoms with Gasteiger partial charge in [-0.25, -0.2) is 0 Å². The number of hydrogen-bond donors (Lipinski definition) is 1. The molecule has 1 N–H and O–H groups in total. The minimum absolute atomic E-state index is 0.125. The van der Waals surface area contributed by atoms with Crippen LogP contribution in [0.2, 0.25) is 0 Å². The van der Waals surface area contributed by atoms with Gasteiger partial charge in [-0.05, 0) is 41.3 Å². The van der Waals surface area contributed by atoms with Gasteiger partial charge in [0.15, 0.2) is 0 Å². The number of carbonyl (C=O) groups is 1. The minimum atomic E-state index is -2.83. The van der Waals surface area contributed by atoms with Gasteiger partial charge in [0.25, 0.3) is 5.91 Å². The molecule has 1 aromatic heterocycles. The molecule has 1 amide bonds. The highest BCUT2D eigenvalue weighted by atomic mass is 19.3. The molecule has 28 heavy (non-hydrogen) atoms. The first-order chi connectivity index (χ1) is 13.5. The van der Waals surface area contributed by atoms with Gasteiger partial charge < -0.3 is 10.1 Å². The van der Waals surface area contributed by atoms with Crippen LogP contribution < -0.4 is 10.1 Å². The standard InChI is InChI=1S/C21H21F2N3O2/c1-3-17-12-19(26(2)25-17)20(27)24-13-14-4-6-15(7-5-14)16-8-10-18(11-9-16)28-21(22)23/h4-12,21H,3,13H2,1-2H3,(H,24,27). The van der Waals surface area contributed by atoms with Crippen molar-refractivity contribution in [1.29, 1.82) is 0 Å². The van der Waals surface area contributed by atoms with Crippen LogP contribution in [0.4, 0.5) is 8.78 Å². The highest BCUT2D eigenvalue weighted by Gasteiger charge is 2.12. The van der Waals surface area contributed by atoms with Crippen molar-refractivity contribution < 1.29 is 18.3 Å². The monoisotopic (exact) mass is 385 g/mol. The van der Waals surface area contributed by atoms with Gasteiger partial charge in [0.1, 0.15) is 11.4 Å². The Morgan fingerprint density at radius 2 is 1.71 bits per heavy atom. The summed E-state index contributed by atoms with van der Waals surface area (Å²) >= 11 is 0. The molecule has 146 valence electrons. The SMILES string of the molecule is CCc1cc(C(=O)NCc2ccc(-c3ccc(OC(F)F)cc3)cc2)n(C)n1. The maximum absolute atomic E-state index is 12.3. The Bertz CT molecular complexity index is 935. The van der Waals surface area contributed by atoms with Crippen molar-refractivity contribution in [2.24, 2.45) is 7.05 Å². The lowest BCUT2D eigenvalue weighted by Gasteiger charge is -2.08. The highest BCUT2D eigenvalue weighted by Crippen LogP contribution is 2.23. The van der Waals surface area contributed by atoms with E-state index in [-0.39, 0.29) is 11.7 Å². The minimum Gasteiger partial charge on any atom is -0.435 e. The van der Waals surface area contributed by atoms with E-state index in [0.29, 0.717) is 12.2 Å². The van der Waals surface area contributed by atoms with Crippen molar-refractivity contribution in [3.63, 3.8) is 0 Å². The highest BCUT2D eigenvalue weighted by molar-refractivity contribution is 5.92. The van der Waals surface area contributed by atoms with Gasteiger partial charge in [0.05, 0.1) is 5.69 Å². The van der Waals surface area contributed by atoms with Crippen molar-refractivity contribution >= 4 is 5.91 Å². The summed E-state index contributed by atoms with van der Waals surface area (Å²) in [5.41, 5.74) is 4.19. The van der Waals surface area contributed by atoms with Crippen LogP contribution in [0.3, 0.4) is 0 Å². The third-order valence-electron chi connectivity index (χ3n) is 4.35. The van der Waals surface area contributed by atoms with Crippen LogP contribution >= 0.6 is 0 Å². The summed E-state index contributed by atoms with van der Waals surface area (Å²) in [7, 11) is 1.75. The van der Waals surface area contributed by atoms with Gasteiger partial charge in [-0.2, -0.15) is 13.9 Å². The van der Waals surface area contributed by atoms with Gasteiger partial charge >= 0.3 is 6.61 Å². The van der Waals surface area contributed by atoms with Gasteiger partial charge in [0, 0.05) is 13.6 Å². The molecule has 0 aliphatic carbocycles. The van der Waals surface area contributed by atoms with Crippen LogP contribution in [0.15, 0.2) is 54.6 Å². The predicted octanol–water partition coefficient (Wildman–Crippen LogP) is 4.18. The zero-order valence-corrected chi connectivity index (χ0v) is 15.7. The summed E-state index contributed by atoms with van der Waals surface area (Å²) in [5, 5.41) is 7.17. The fourth-order valence-corrected chi connectivity index (χ4v) is 2.83. The maximum atomic E-state index is 12.3. The first-order valence-corrected chi connectivity index (χ1v) is 8.91. The second-order valence-corrected chi connectivity index (χ2v) is 6.28. The summed E-state index contributed by atoms with van der Waals surface area (Å²) in [4.78, 5) is 12.3. The van der Waals surface area contributed by atoms with E-state index in [2.05, 4.69) is 15.2 Å². The van der Waals surface area contributed by atoms with Crippen LogP contribution in [0.5, 0.6) is 5.75 Å². The number of carbonyl (C=O) groups excluding carboxylic acids is 1. The molecule has 0 atom stereocenters. The molecule has 0 radical (unpaired) electrons. The number of aromatic nitrogens is 2. The molecule has 3 aromatic rings. The lowest BCUT2D eigenvalue weighted by atomic mass is 10.0. The van der Waals surface area contributed by atoms with Crippen LogP contribution in [-0.4, -0.2) is 22.3 Å². The fraction of sp³-hybridized carbons (Fsp3) is 0.238. The Labute approximate surface area is 161 Å². The first-order valence-electron chi connectivity index (χ1n) is 8.91. The molecule has 0 spiro atoms. The quantitative estimate of drug-likeness (QED) is 0.664. The summed E-state index contributed by atoms with van der Waals surface area (Å²) < 4.78 is 30.4. The Morgan fingerprint density at radius 3 is 2.25 bits per heavy atom. The van der Waals surface area contributed by atoms with E-state index < -0.39 is 6.61 Å². The van der Waals surface area contributed by atoms with Crippen LogP contribution in [0, 0.1) is 0 Å². The smallest absolute Gasteiger partial charge is 0.387 e. The van der Waals surface area contributed by atoms with Crippen molar-refractivity contribution in [3.8, 4) is 16.9 Å². The maximum Gasteiger partial charge on any atom is 0.387 e. The number of ether oxygens (including phenoxy) is 1. The van der Waals surface area contributed by atoms with Gasteiger partial charge in [-0.1, -0.05) is 43.3 Å². The van der Waals surface area contributed by atoms with Crippen molar-refractivity contribution in [1.82, 2.24) is 15.1 Å². The number of halogens is 2. The zero-order valence-electron chi connectivity index (χ0n) is 15.7. The first kappa shape index (κ1) is 19.5. The largest absolute Gasteiger partial charge is 0.435 e. The van der Waals surface area contributed by atoms with E-state index in [1.165, 1.54) is 12.1 Å². The Kier molecular flexibility index (Phi) is 6.03. The molecule has 3 rings (SSSR count). The van der Waals surface area contributed by atoms with E-state index in [0.717, 1.165) is 28.8 Å². The predicted molar refractivity (Wildman–Crippen MR) is 102 cm³/mol. The number of amides is 1. The Hall–Kier alpha value is -3.22.